The van der Waals surface area contributed by atoms with Crippen LogP contribution in [0, 0.1) is 0 Å². The maximum atomic E-state index is 12.3. The number of rotatable bonds is 8. The van der Waals surface area contributed by atoms with Crippen LogP contribution in [0.2, 0.25) is 0 Å². The highest BCUT2D eigenvalue weighted by atomic mass is 32.2. The predicted octanol–water partition coefficient (Wildman–Crippen LogP) is 3.39. The van der Waals surface area contributed by atoms with Gasteiger partial charge in [-0.25, -0.2) is 4.98 Å². The van der Waals surface area contributed by atoms with E-state index in [2.05, 4.69) is 10.3 Å². The SMILES string of the molecule is CCOCCCNC(=O)c1cccnc1Sc1ccccc1. The molecule has 0 radical (unpaired) electrons. The van der Waals surface area contributed by atoms with E-state index in [0.29, 0.717) is 25.3 Å². The van der Waals surface area contributed by atoms with Crippen molar-refractivity contribution in [1.29, 1.82) is 0 Å². The summed E-state index contributed by atoms with van der Waals surface area (Å²) < 4.78 is 5.26. The van der Waals surface area contributed by atoms with Gasteiger partial charge in [-0.2, -0.15) is 0 Å². The number of hydrogen-bond donors (Lipinski definition) is 1. The van der Waals surface area contributed by atoms with E-state index in [4.69, 9.17) is 4.74 Å². The van der Waals surface area contributed by atoms with Gasteiger partial charge in [-0.05, 0) is 37.6 Å². The Balaban J connectivity index is 1.97. The van der Waals surface area contributed by atoms with Crippen LogP contribution < -0.4 is 5.32 Å². The molecule has 4 nitrogen and oxygen atoms in total. The number of nitrogens with one attached hydrogen (secondary N) is 1. The van der Waals surface area contributed by atoms with E-state index in [0.717, 1.165) is 16.3 Å². The molecular weight excluding hydrogens is 296 g/mol. The summed E-state index contributed by atoms with van der Waals surface area (Å²) in [5.74, 6) is -0.0944. The van der Waals surface area contributed by atoms with Crippen molar-refractivity contribution >= 4 is 17.7 Å². The molecule has 2 aromatic rings. The molecule has 0 spiro atoms. The fourth-order valence-electron chi connectivity index (χ4n) is 1.86. The van der Waals surface area contributed by atoms with Crippen molar-refractivity contribution in [3.63, 3.8) is 0 Å². The Bertz CT molecular complexity index is 590. The van der Waals surface area contributed by atoms with Gasteiger partial charge in [0.1, 0.15) is 5.03 Å². The lowest BCUT2D eigenvalue weighted by molar-refractivity contribution is 0.0940. The van der Waals surface area contributed by atoms with Crippen molar-refractivity contribution in [1.82, 2.24) is 10.3 Å². The molecule has 5 heteroatoms. The molecule has 0 bridgehead atoms. The van der Waals surface area contributed by atoms with E-state index in [1.165, 1.54) is 11.8 Å². The van der Waals surface area contributed by atoms with Gasteiger partial charge in [0, 0.05) is 30.9 Å². The van der Waals surface area contributed by atoms with Gasteiger partial charge in [0.15, 0.2) is 0 Å². The first-order chi connectivity index (χ1) is 10.8. The second kappa shape index (κ2) is 9.23. The number of benzene rings is 1. The normalized spacial score (nSPS) is 10.4. The highest BCUT2D eigenvalue weighted by Crippen LogP contribution is 2.28. The van der Waals surface area contributed by atoms with Crippen LogP contribution >= 0.6 is 11.8 Å². The molecule has 1 aromatic heterocycles. The molecule has 0 saturated carbocycles. The minimum Gasteiger partial charge on any atom is -0.382 e. The second-order valence-electron chi connectivity index (χ2n) is 4.58. The Morgan fingerprint density at radius 3 is 2.82 bits per heavy atom. The second-order valence-corrected chi connectivity index (χ2v) is 5.64. The first kappa shape index (κ1) is 16.5. The zero-order valence-electron chi connectivity index (χ0n) is 12.6. The number of aromatic nitrogens is 1. The highest BCUT2D eigenvalue weighted by Gasteiger charge is 2.12. The molecule has 1 amide bonds. The Kier molecular flexibility index (Phi) is 6.93. The third kappa shape index (κ3) is 5.16. The third-order valence-electron chi connectivity index (χ3n) is 2.93. The number of hydrogen-bond acceptors (Lipinski definition) is 4. The van der Waals surface area contributed by atoms with E-state index in [9.17, 15) is 4.79 Å². The summed E-state index contributed by atoms with van der Waals surface area (Å²) in [5, 5.41) is 3.63. The van der Waals surface area contributed by atoms with Gasteiger partial charge >= 0.3 is 0 Å². The molecule has 0 fully saturated rings. The molecule has 1 heterocycles. The molecule has 2 rings (SSSR count). The van der Waals surface area contributed by atoms with Crippen molar-refractivity contribution < 1.29 is 9.53 Å². The monoisotopic (exact) mass is 316 g/mol. The number of carbonyl (C=O) groups is 1. The molecule has 0 aliphatic carbocycles. The van der Waals surface area contributed by atoms with Crippen molar-refractivity contribution in [3.05, 3.63) is 54.2 Å². The molecule has 0 aliphatic rings. The Hall–Kier alpha value is -1.85. The molecule has 0 atom stereocenters. The predicted molar refractivity (Wildman–Crippen MR) is 88.2 cm³/mol. The summed E-state index contributed by atoms with van der Waals surface area (Å²) in [6.07, 6.45) is 2.51. The van der Waals surface area contributed by atoms with E-state index in [-0.39, 0.29) is 5.91 Å². The van der Waals surface area contributed by atoms with Crippen LogP contribution in [0.5, 0.6) is 0 Å². The summed E-state index contributed by atoms with van der Waals surface area (Å²) in [6, 6.07) is 13.5. The van der Waals surface area contributed by atoms with Crippen molar-refractivity contribution in [2.45, 2.75) is 23.3 Å². The number of ether oxygens (including phenoxy) is 1. The van der Waals surface area contributed by atoms with Crippen LogP contribution in [-0.2, 0) is 4.74 Å². The maximum absolute atomic E-state index is 12.3. The molecule has 0 unspecified atom stereocenters. The van der Waals surface area contributed by atoms with Gasteiger partial charge < -0.3 is 10.1 Å². The lowest BCUT2D eigenvalue weighted by Gasteiger charge is -2.09. The maximum Gasteiger partial charge on any atom is 0.254 e. The molecule has 0 saturated heterocycles. The van der Waals surface area contributed by atoms with E-state index in [1.807, 2.05) is 37.3 Å². The summed E-state index contributed by atoms with van der Waals surface area (Å²) in [4.78, 5) is 17.7. The van der Waals surface area contributed by atoms with Crippen molar-refractivity contribution in [3.8, 4) is 0 Å². The number of amides is 1. The van der Waals surface area contributed by atoms with E-state index in [1.54, 1.807) is 18.3 Å². The highest BCUT2D eigenvalue weighted by molar-refractivity contribution is 7.99. The lowest BCUT2D eigenvalue weighted by atomic mass is 10.2. The molecule has 1 N–H and O–H groups in total. The van der Waals surface area contributed by atoms with Crippen LogP contribution in [0.1, 0.15) is 23.7 Å². The largest absolute Gasteiger partial charge is 0.382 e. The molecule has 22 heavy (non-hydrogen) atoms. The van der Waals surface area contributed by atoms with Crippen LogP contribution in [0.25, 0.3) is 0 Å². The summed E-state index contributed by atoms with van der Waals surface area (Å²) in [6.45, 7) is 3.92. The van der Waals surface area contributed by atoms with Gasteiger partial charge in [0.2, 0.25) is 0 Å². The van der Waals surface area contributed by atoms with Crippen molar-refractivity contribution in [2.24, 2.45) is 0 Å². The third-order valence-corrected chi connectivity index (χ3v) is 3.96. The fraction of sp³-hybridized carbons (Fsp3) is 0.294. The van der Waals surface area contributed by atoms with Crippen LogP contribution in [0.3, 0.4) is 0 Å². The zero-order chi connectivity index (χ0) is 15.6. The topological polar surface area (TPSA) is 51.2 Å². The first-order valence-corrected chi connectivity index (χ1v) is 8.16. The minimum atomic E-state index is -0.0944. The summed E-state index contributed by atoms with van der Waals surface area (Å²) >= 11 is 1.49. The average Bonchev–Trinajstić information content (AvgIpc) is 2.56. The molecule has 0 aliphatic heterocycles. The molecular formula is C17H20N2O2S. The van der Waals surface area contributed by atoms with Crippen molar-refractivity contribution in [2.75, 3.05) is 19.8 Å². The van der Waals surface area contributed by atoms with Crippen LogP contribution in [0.15, 0.2) is 58.6 Å². The quantitative estimate of drug-likeness (QED) is 0.759. The molecule has 1 aromatic carbocycles. The van der Waals surface area contributed by atoms with Gasteiger partial charge in [-0.3, -0.25) is 4.79 Å². The van der Waals surface area contributed by atoms with Crippen LogP contribution in [0.4, 0.5) is 0 Å². The van der Waals surface area contributed by atoms with Gasteiger partial charge in [-0.15, -0.1) is 0 Å². The summed E-state index contributed by atoms with van der Waals surface area (Å²) in [5.41, 5.74) is 0.604. The first-order valence-electron chi connectivity index (χ1n) is 7.35. The van der Waals surface area contributed by atoms with Gasteiger partial charge in [0.05, 0.1) is 5.56 Å². The van der Waals surface area contributed by atoms with Gasteiger partial charge in [0.25, 0.3) is 5.91 Å². The Morgan fingerprint density at radius 2 is 2.05 bits per heavy atom. The zero-order valence-corrected chi connectivity index (χ0v) is 13.4. The number of nitrogens with zero attached hydrogens (tertiary/aromatic N) is 1. The fourth-order valence-corrected chi connectivity index (χ4v) is 2.76. The Labute approximate surface area is 135 Å². The van der Waals surface area contributed by atoms with Crippen LogP contribution in [-0.4, -0.2) is 30.6 Å². The lowest BCUT2D eigenvalue weighted by Crippen LogP contribution is -2.26. The van der Waals surface area contributed by atoms with E-state index >= 15 is 0 Å². The molecule has 116 valence electrons. The number of pyridine rings is 1. The standard InChI is InChI=1S/C17H20N2O2S/c1-2-21-13-7-12-18-16(20)15-10-6-11-19-17(15)22-14-8-4-3-5-9-14/h3-6,8-11H,2,7,12-13H2,1H3,(H,18,20). The minimum absolute atomic E-state index is 0.0944. The number of carbonyl (C=O) groups excluding carboxylic acids is 1. The average molecular weight is 316 g/mol. The smallest absolute Gasteiger partial charge is 0.254 e. The summed E-state index contributed by atoms with van der Waals surface area (Å²) in [7, 11) is 0. The Morgan fingerprint density at radius 1 is 1.23 bits per heavy atom. The van der Waals surface area contributed by atoms with Gasteiger partial charge in [-0.1, -0.05) is 30.0 Å². The van der Waals surface area contributed by atoms with E-state index < -0.39 is 0 Å².